The quantitative estimate of drug-likeness (QED) is 0.474. The molecule has 29 heavy (non-hydrogen) atoms. The zero-order valence-electron chi connectivity index (χ0n) is 16.9. The molecule has 0 aliphatic rings. The first-order valence-corrected chi connectivity index (χ1v) is 9.68. The minimum Gasteiger partial charge on any atom is -0.493 e. The van der Waals surface area contributed by atoms with Crippen LogP contribution in [0.3, 0.4) is 0 Å². The Morgan fingerprint density at radius 2 is 1.90 bits per heavy atom. The number of rotatable bonds is 10. The molecule has 5 heteroatoms. The van der Waals surface area contributed by atoms with Crippen molar-refractivity contribution in [2.75, 3.05) is 7.11 Å². The summed E-state index contributed by atoms with van der Waals surface area (Å²) in [5, 5.41) is 4.09. The number of carbonyl (C=O) groups excluding carboxylic acids is 1. The third-order valence-electron chi connectivity index (χ3n) is 4.65. The van der Waals surface area contributed by atoms with E-state index < -0.39 is 0 Å². The molecule has 5 nitrogen and oxygen atoms in total. The van der Waals surface area contributed by atoms with Gasteiger partial charge in [0.1, 0.15) is 6.61 Å². The predicted molar refractivity (Wildman–Crippen MR) is 114 cm³/mol. The van der Waals surface area contributed by atoms with Crippen LogP contribution in [0.25, 0.3) is 6.08 Å². The van der Waals surface area contributed by atoms with Crippen LogP contribution in [0.15, 0.2) is 66.9 Å². The molecular weight excluding hydrogens is 364 g/mol. The van der Waals surface area contributed by atoms with Crippen molar-refractivity contribution in [3.05, 3.63) is 83.7 Å². The highest BCUT2D eigenvalue weighted by Gasteiger charge is 2.07. The Balaban J connectivity index is 1.53. The van der Waals surface area contributed by atoms with E-state index in [0.717, 1.165) is 35.4 Å². The van der Waals surface area contributed by atoms with E-state index in [1.54, 1.807) is 30.1 Å². The number of benzene rings is 2. The number of hydrogen-bond donors (Lipinski definition) is 0. The highest BCUT2D eigenvalue weighted by atomic mass is 16.5. The maximum atomic E-state index is 12.1. The number of ether oxygens (including phenoxy) is 2. The summed E-state index contributed by atoms with van der Waals surface area (Å²) in [6.45, 7) is 0.484. The first-order valence-electron chi connectivity index (χ1n) is 9.68. The molecule has 0 unspecified atom stereocenters. The van der Waals surface area contributed by atoms with Gasteiger partial charge in [-0.15, -0.1) is 0 Å². The lowest BCUT2D eigenvalue weighted by Gasteiger charge is -2.12. The third kappa shape index (κ3) is 6.07. The fraction of sp³-hybridized carbons (Fsp3) is 0.250. The molecule has 0 aliphatic heterocycles. The van der Waals surface area contributed by atoms with Crippen molar-refractivity contribution in [2.45, 2.75) is 25.9 Å². The standard InChI is InChI=1S/C24H26N2O3/c1-26-21(15-16-25-26)12-13-22(27)10-6-9-19-11-14-23(28-2)24(17-19)29-18-20-7-4-3-5-8-20/h3-5,7-8,11-17H,6,9-10,18H2,1-2H3/b13-12+. The number of allylic oxidation sites excluding steroid dienone is 1. The Kier molecular flexibility index (Phi) is 7.22. The van der Waals surface area contributed by atoms with Gasteiger partial charge >= 0.3 is 0 Å². The third-order valence-corrected chi connectivity index (χ3v) is 4.65. The minimum atomic E-state index is 0.111. The van der Waals surface area contributed by atoms with Gasteiger partial charge < -0.3 is 9.47 Å². The Morgan fingerprint density at radius 3 is 2.62 bits per heavy atom. The van der Waals surface area contributed by atoms with Gasteiger partial charge in [-0.1, -0.05) is 36.4 Å². The average molecular weight is 390 g/mol. The van der Waals surface area contributed by atoms with Gasteiger partial charge in [-0.2, -0.15) is 5.10 Å². The van der Waals surface area contributed by atoms with E-state index in [0.29, 0.717) is 18.8 Å². The number of aromatic nitrogens is 2. The van der Waals surface area contributed by atoms with Crippen LogP contribution in [0.1, 0.15) is 29.7 Å². The molecule has 0 radical (unpaired) electrons. The maximum absolute atomic E-state index is 12.1. The van der Waals surface area contributed by atoms with E-state index in [4.69, 9.17) is 9.47 Å². The molecule has 0 atom stereocenters. The zero-order valence-corrected chi connectivity index (χ0v) is 16.9. The lowest BCUT2D eigenvalue weighted by Crippen LogP contribution is -1.99. The molecule has 0 saturated heterocycles. The van der Waals surface area contributed by atoms with Crippen LogP contribution in [-0.2, 0) is 24.9 Å². The zero-order chi connectivity index (χ0) is 20.5. The maximum Gasteiger partial charge on any atom is 0.161 e. The van der Waals surface area contributed by atoms with Gasteiger partial charge in [0.15, 0.2) is 17.3 Å². The molecule has 0 aliphatic carbocycles. The molecular formula is C24H26N2O3. The molecule has 0 fully saturated rings. The lowest BCUT2D eigenvalue weighted by atomic mass is 10.1. The van der Waals surface area contributed by atoms with Crippen LogP contribution >= 0.6 is 0 Å². The number of methoxy groups -OCH3 is 1. The average Bonchev–Trinajstić information content (AvgIpc) is 3.16. The Bertz CT molecular complexity index is 961. The molecule has 1 aromatic heterocycles. The second-order valence-electron chi connectivity index (χ2n) is 6.79. The summed E-state index contributed by atoms with van der Waals surface area (Å²) in [6.07, 6.45) is 7.22. The summed E-state index contributed by atoms with van der Waals surface area (Å²) in [7, 11) is 3.49. The summed E-state index contributed by atoms with van der Waals surface area (Å²) in [6, 6.07) is 17.8. The molecule has 1 heterocycles. The molecule has 3 rings (SSSR count). The van der Waals surface area contributed by atoms with E-state index in [2.05, 4.69) is 5.10 Å². The monoisotopic (exact) mass is 390 g/mol. The van der Waals surface area contributed by atoms with Crippen molar-refractivity contribution in [1.29, 1.82) is 0 Å². The molecule has 0 saturated carbocycles. The van der Waals surface area contributed by atoms with Crippen molar-refractivity contribution in [3.63, 3.8) is 0 Å². The van der Waals surface area contributed by atoms with E-state index in [1.807, 2.05) is 61.6 Å². The second-order valence-corrected chi connectivity index (χ2v) is 6.79. The summed E-state index contributed by atoms with van der Waals surface area (Å²) in [5.74, 6) is 1.54. The summed E-state index contributed by atoms with van der Waals surface area (Å²) < 4.78 is 13.1. The normalized spacial score (nSPS) is 11.0. The molecule has 3 aromatic rings. The first-order chi connectivity index (χ1) is 14.2. The van der Waals surface area contributed by atoms with E-state index in [9.17, 15) is 4.79 Å². The van der Waals surface area contributed by atoms with E-state index in [1.165, 1.54) is 0 Å². The van der Waals surface area contributed by atoms with Crippen LogP contribution in [0.2, 0.25) is 0 Å². The topological polar surface area (TPSA) is 53.3 Å². The number of carbonyl (C=O) groups is 1. The fourth-order valence-corrected chi connectivity index (χ4v) is 3.00. The number of nitrogens with zero attached hydrogens (tertiary/aromatic N) is 2. The number of aryl methyl sites for hydroxylation is 2. The molecule has 0 amide bonds. The summed E-state index contributed by atoms with van der Waals surface area (Å²) in [4.78, 5) is 12.1. The van der Waals surface area contributed by atoms with Crippen LogP contribution in [-0.4, -0.2) is 22.7 Å². The van der Waals surface area contributed by atoms with Gasteiger partial charge in [0.2, 0.25) is 0 Å². The van der Waals surface area contributed by atoms with Crippen molar-refractivity contribution < 1.29 is 14.3 Å². The fourth-order valence-electron chi connectivity index (χ4n) is 3.00. The highest BCUT2D eigenvalue weighted by Crippen LogP contribution is 2.29. The summed E-state index contributed by atoms with van der Waals surface area (Å²) in [5.41, 5.74) is 3.14. The second kappa shape index (κ2) is 10.3. The Morgan fingerprint density at radius 1 is 1.07 bits per heavy atom. The predicted octanol–water partition coefficient (Wildman–Crippen LogP) is 4.61. The van der Waals surface area contributed by atoms with Crippen LogP contribution in [0, 0.1) is 0 Å². The number of hydrogen-bond acceptors (Lipinski definition) is 4. The minimum absolute atomic E-state index is 0.111. The van der Waals surface area contributed by atoms with Crippen molar-refractivity contribution in [3.8, 4) is 11.5 Å². The van der Waals surface area contributed by atoms with Crippen LogP contribution in [0.4, 0.5) is 0 Å². The highest BCUT2D eigenvalue weighted by molar-refractivity contribution is 5.93. The van der Waals surface area contributed by atoms with Crippen LogP contribution < -0.4 is 9.47 Å². The largest absolute Gasteiger partial charge is 0.493 e. The van der Waals surface area contributed by atoms with E-state index in [-0.39, 0.29) is 5.78 Å². The Hall–Kier alpha value is -3.34. The molecule has 0 bridgehead atoms. The van der Waals surface area contributed by atoms with Gasteiger partial charge in [0.25, 0.3) is 0 Å². The number of ketones is 1. The van der Waals surface area contributed by atoms with Crippen LogP contribution in [0.5, 0.6) is 11.5 Å². The van der Waals surface area contributed by atoms with Gasteiger partial charge in [-0.3, -0.25) is 9.48 Å². The Labute approximate surface area is 171 Å². The van der Waals surface area contributed by atoms with Crippen molar-refractivity contribution in [1.82, 2.24) is 9.78 Å². The van der Waals surface area contributed by atoms with Gasteiger partial charge in [-0.05, 0) is 54.3 Å². The van der Waals surface area contributed by atoms with E-state index >= 15 is 0 Å². The van der Waals surface area contributed by atoms with Crippen molar-refractivity contribution >= 4 is 11.9 Å². The van der Waals surface area contributed by atoms with Gasteiger partial charge in [-0.25, -0.2) is 0 Å². The molecule has 0 N–H and O–H groups in total. The first kappa shape index (κ1) is 20.4. The molecule has 2 aromatic carbocycles. The SMILES string of the molecule is COc1ccc(CCCC(=O)/C=C/c2ccnn2C)cc1OCc1ccccc1. The van der Waals surface area contributed by atoms with Gasteiger partial charge in [0, 0.05) is 19.7 Å². The molecule has 150 valence electrons. The summed E-state index contributed by atoms with van der Waals surface area (Å²) >= 11 is 0. The smallest absolute Gasteiger partial charge is 0.161 e. The van der Waals surface area contributed by atoms with Crippen molar-refractivity contribution in [2.24, 2.45) is 7.05 Å². The van der Waals surface area contributed by atoms with Gasteiger partial charge in [0.05, 0.1) is 12.8 Å². The molecule has 0 spiro atoms. The lowest BCUT2D eigenvalue weighted by molar-refractivity contribution is -0.114.